The number of furan rings is 1. The van der Waals surface area contributed by atoms with Crippen molar-refractivity contribution in [1.82, 2.24) is 15.5 Å². The van der Waals surface area contributed by atoms with Crippen LogP contribution in [-0.2, 0) is 17.1 Å². The molecule has 8 nitrogen and oxygen atoms in total. The summed E-state index contributed by atoms with van der Waals surface area (Å²) in [6.07, 6.45) is 1.44. The predicted octanol–water partition coefficient (Wildman–Crippen LogP) is 2.77. The van der Waals surface area contributed by atoms with Gasteiger partial charge in [-0.3, -0.25) is 9.59 Å². The highest BCUT2D eigenvalue weighted by molar-refractivity contribution is 7.99. The summed E-state index contributed by atoms with van der Waals surface area (Å²) >= 11 is 1.41. The largest absolute Gasteiger partial charge is 0.459 e. The molecule has 2 aromatic heterocycles. The fraction of sp³-hybridized carbons (Fsp3) is 0.222. The molecule has 3 aromatic rings. The molecule has 9 heteroatoms. The minimum absolute atomic E-state index is 0.0924. The molecule has 0 radical (unpaired) electrons. The second kappa shape index (κ2) is 9.04. The Labute approximate surface area is 159 Å². The van der Waals surface area contributed by atoms with E-state index in [1.165, 1.54) is 18.0 Å². The van der Waals surface area contributed by atoms with Crippen molar-refractivity contribution < 1.29 is 18.5 Å². The highest BCUT2D eigenvalue weighted by atomic mass is 32.2. The van der Waals surface area contributed by atoms with Gasteiger partial charge in [0.2, 0.25) is 11.8 Å². The Bertz CT molecular complexity index is 908. The minimum atomic E-state index is -0.325. The van der Waals surface area contributed by atoms with E-state index in [0.29, 0.717) is 35.5 Å². The molecule has 0 fully saturated rings. The summed E-state index contributed by atoms with van der Waals surface area (Å²) in [6, 6.07) is 10.5. The van der Waals surface area contributed by atoms with Gasteiger partial charge in [-0.1, -0.05) is 17.3 Å². The molecule has 0 saturated carbocycles. The first-order valence-electron chi connectivity index (χ1n) is 8.17. The number of anilines is 1. The fourth-order valence-electron chi connectivity index (χ4n) is 2.25. The van der Waals surface area contributed by atoms with Crippen molar-refractivity contribution in [1.29, 1.82) is 0 Å². The molecular weight excluding hydrogens is 368 g/mol. The average molecular weight is 386 g/mol. The topological polar surface area (TPSA) is 110 Å². The van der Waals surface area contributed by atoms with Crippen molar-refractivity contribution in [2.75, 3.05) is 11.1 Å². The number of amides is 2. The first kappa shape index (κ1) is 18.7. The number of nitrogens with one attached hydrogen (secondary N) is 2. The van der Waals surface area contributed by atoms with Gasteiger partial charge in [0, 0.05) is 19.2 Å². The molecule has 2 N–H and O–H groups in total. The van der Waals surface area contributed by atoms with Gasteiger partial charge in [-0.2, -0.15) is 4.98 Å². The monoisotopic (exact) mass is 386 g/mol. The maximum atomic E-state index is 12.0. The maximum Gasteiger partial charge on any atom is 0.291 e. The Morgan fingerprint density at radius 2 is 2.11 bits per heavy atom. The number of nitrogens with zero attached hydrogens (tertiary/aromatic N) is 2. The van der Waals surface area contributed by atoms with E-state index in [4.69, 9.17) is 8.94 Å². The third kappa shape index (κ3) is 5.71. The Morgan fingerprint density at radius 1 is 1.22 bits per heavy atom. The van der Waals surface area contributed by atoms with E-state index in [0.717, 1.165) is 5.56 Å². The van der Waals surface area contributed by atoms with Crippen molar-refractivity contribution in [3.8, 4) is 0 Å². The first-order chi connectivity index (χ1) is 13.1. The standard InChI is InChI=1S/C18H18N4O4S/c1-12-20-16(22-26-12)10-27-11-17(23)19-9-13-4-2-5-14(8-13)21-18(24)15-6-3-7-25-15/h2-8H,9-11H2,1H3,(H,19,23)(H,21,24). The van der Waals surface area contributed by atoms with Crippen LogP contribution in [0.4, 0.5) is 5.69 Å². The lowest BCUT2D eigenvalue weighted by atomic mass is 10.2. The third-order valence-corrected chi connectivity index (χ3v) is 4.38. The molecule has 0 unspecified atom stereocenters. The van der Waals surface area contributed by atoms with Gasteiger partial charge in [0.15, 0.2) is 11.6 Å². The van der Waals surface area contributed by atoms with Gasteiger partial charge in [-0.15, -0.1) is 11.8 Å². The van der Waals surface area contributed by atoms with E-state index in [1.54, 1.807) is 31.2 Å². The molecular formula is C18H18N4O4S. The second-order valence-corrected chi connectivity index (χ2v) is 6.62. The molecule has 0 spiro atoms. The number of benzene rings is 1. The molecule has 0 aliphatic heterocycles. The van der Waals surface area contributed by atoms with Crippen molar-refractivity contribution in [2.24, 2.45) is 0 Å². The van der Waals surface area contributed by atoms with Crippen molar-refractivity contribution in [2.45, 2.75) is 19.2 Å². The maximum absolute atomic E-state index is 12.0. The Kier molecular flexibility index (Phi) is 6.26. The summed E-state index contributed by atoms with van der Waals surface area (Å²) in [7, 11) is 0. The Hall–Kier alpha value is -3.07. The molecule has 0 atom stereocenters. The highest BCUT2D eigenvalue weighted by Crippen LogP contribution is 2.13. The normalized spacial score (nSPS) is 10.6. The molecule has 3 rings (SSSR count). The van der Waals surface area contributed by atoms with E-state index >= 15 is 0 Å². The smallest absolute Gasteiger partial charge is 0.291 e. The van der Waals surface area contributed by atoms with Crippen LogP contribution in [0.15, 0.2) is 51.6 Å². The van der Waals surface area contributed by atoms with E-state index < -0.39 is 0 Å². The minimum Gasteiger partial charge on any atom is -0.459 e. The fourth-order valence-corrected chi connectivity index (χ4v) is 2.94. The van der Waals surface area contributed by atoms with Crippen LogP contribution in [0.3, 0.4) is 0 Å². The molecule has 0 aliphatic rings. The molecule has 0 bridgehead atoms. The van der Waals surface area contributed by atoms with Gasteiger partial charge in [-0.05, 0) is 29.8 Å². The Balaban J connectivity index is 1.43. The number of carbonyl (C=O) groups excluding carboxylic acids is 2. The van der Waals surface area contributed by atoms with Gasteiger partial charge in [0.25, 0.3) is 5.91 Å². The third-order valence-electron chi connectivity index (χ3n) is 3.45. The lowest BCUT2D eigenvalue weighted by Gasteiger charge is -2.08. The number of aromatic nitrogens is 2. The van der Waals surface area contributed by atoms with Gasteiger partial charge in [0.05, 0.1) is 17.8 Å². The zero-order valence-electron chi connectivity index (χ0n) is 14.6. The average Bonchev–Trinajstić information content (AvgIpc) is 3.32. The van der Waals surface area contributed by atoms with Crippen molar-refractivity contribution in [3.63, 3.8) is 0 Å². The summed E-state index contributed by atoms with van der Waals surface area (Å²) in [5.74, 6) is 1.71. The number of aryl methyl sites for hydroxylation is 1. The molecule has 140 valence electrons. The van der Waals surface area contributed by atoms with Crippen LogP contribution in [0.2, 0.25) is 0 Å². The zero-order chi connectivity index (χ0) is 19.1. The molecule has 2 amide bonds. The molecule has 0 saturated heterocycles. The van der Waals surface area contributed by atoms with Crippen LogP contribution >= 0.6 is 11.8 Å². The summed E-state index contributed by atoms with van der Waals surface area (Å²) in [5.41, 5.74) is 1.50. The van der Waals surface area contributed by atoms with Gasteiger partial charge in [-0.25, -0.2) is 0 Å². The zero-order valence-corrected chi connectivity index (χ0v) is 15.4. The summed E-state index contributed by atoms with van der Waals surface area (Å²) in [6.45, 7) is 2.09. The molecule has 2 heterocycles. The Morgan fingerprint density at radius 3 is 2.85 bits per heavy atom. The summed E-state index contributed by atoms with van der Waals surface area (Å²) < 4.78 is 9.94. The van der Waals surface area contributed by atoms with Gasteiger partial charge in [0.1, 0.15) is 0 Å². The number of hydrogen-bond acceptors (Lipinski definition) is 7. The molecule has 0 aliphatic carbocycles. The van der Waals surface area contributed by atoms with E-state index in [9.17, 15) is 9.59 Å². The van der Waals surface area contributed by atoms with E-state index in [1.807, 2.05) is 12.1 Å². The number of carbonyl (C=O) groups is 2. The van der Waals surface area contributed by atoms with Crippen molar-refractivity contribution >= 4 is 29.3 Å². The van der Waals surface area contributed by atoms with E-state index in [2.05, 4.69) is 20.8 Å². The molecule has 1 aromatic carbocycles. The first-order valence-corrected chi connectivity index (χ1v) is 9.33. The molecule has 27 heavy (non-hydrogen) atoms. The van der Waals surface area contributed by atoms with Crippen LogP contribution in [-0.4, -0.2) is 27.7 Å². The SMILES string of the molecule is Cc1nc(CSCC(=O)NCc2cccc(NC(=O)c3ccco3)c2)no1. The van der Waals surface area contributed by atoms with Crippen LogP contribution in [0.1, 0.15) is 27.8 Å². The lowest BCUT2D eigenvalue weighted by Crippen LogP contribution is -2.24. The lowest BCUT2D eigenvalue weighted by molar-refractivity contribution is -0.118. The highest BCUT2D eigenvalue weighted by Gasteiger charge is 2.09. The predicted molar refractivity (Wildman–Crippen MR) is 100 cm³/mol. The van der Waals surface area contributed by atoms with Crippen LogP contribution in [0, 0.1) is 6.92 Å². The summed E-state index contributed by atoms with van der Waals surface area (Å²) in [5, 5.41) is 9.38. The number of hydrogen-bond donors (Lipinski definition) is 2. The quantitative estimate of drug-likeness (QED) is 0.612. The van der Waals surface area contributed by atoms with Crippen molar-refractivity contribution in [3.05, 3.63) is 65.7 Å². The second-order valence-electron chi connectivity index (χ2n) is 5.63. The van der Waals surface area contributed by atoms with Crippen LogP contribution in [0.5, 0.6) is 0 Å². The number of thioether (sulfide) groups is 1. The van der Waals surface area contributed by atoms with Gasteiger partial charge >= 0.3 is 0 Å². The van der Waals surface area contributed by atoms with E-state index in [-0.39, 0.29) is 17.6 Å². The van der Waals surface area contributed by atoms with Crippen LogP contribution in [0.25, 0.3) is 0 Å². The summed E-state index contributed by atoms with van der Waals surface area (Å²) in [4.78, 5) is 28.0. The number of rotatable bonds is 8. The van der Waals surface area contributed by atoms with Crippen LogP contribution < -0.4 is 10.6 Å². The van der Waals surface area contributed by atoms with Gasteiger partial charge < -0.3 is 19.6 Å².